The third kappa shape index (κ3) is 3.61. The molecule has 1 aromatic carbocycles. The van der Waals surface area contributed by atoms with Crippen LogP contribution in [0.4, 0.5) is 15.9 Å². The fourth-order valence-corrected chi connectivity index (χ4v) is 1.90. The number of benzene rings is 1. The third-order valence-electron chi connectivity index (χ3n) is 3.11. The molecule has 1 N–H and O–H groups in total. The lowest BCUT2D eigenvalue weighted by atomic mass is 10.1. The van der Waals surface area contributed by atoms with Crippen LogP contribution in [0.5, 0.6) is 0 Å². The Hall–Kier alpha value is -3.54. The number of nitrogens with zero attached hydrogens (tertiary/aromatic N) is 3. The molecule has 1 heterocycles. The molecule has 0 fully saturated rings. The van der Waals surface area contributed by atoms with Crippen molar-refractivity contribution in [2.24, 2.45) is 0 Å². The van der Waals surface area contributed by atoms with Gasteiger partial charge in [-0.1, -0.05) is 6.07 Å². The minimum absolute atomic E-state index is 0.0701. The molecule has 9 heteroatoms. The SMILES string of the molecule is COC(=O)c1cnc(NCc2ccc(C#N)cc2F)c([N+](=O)[O-])c1. The van der Waals surface area contributed by atoms with E-state index in [2.05, 4.69) is 15.0 Å². The highest BCUT2D eigenvalue weighted by atomic mass is 19.1. The Morgan fingerprint density at radius 2 is 2.25 bits per heavy atom. The molecule has 2 aromatic rings. The Labute approximate surface area is 135 Å². The molecule has 0 aliphatic heterocycles. The predicted octanol–water partition coefficient (Wildman–Crippen LogP) is 2.40. The van der Waals surface area contributed by atoms with Gasteiger partial charge in [0, 0.05) is 24.4 Å². The average molecular weight is 330 g/mol. The van der Waals surface area contributed by atoms with Gasteiger partial charge in [-0.3, -0.25) is 10.1 Å². The summed E-state index contributed by atoms with van der Waals surface area (Å²) in [5.41, 5.74) is -0.129. The first-order valence-electron chi connectivity index (χ1n) is 6.61. The van der Waals surface area contributed by atoms with E-state index in [0.29, 0.717) is 0 Å². The number of ether oxygens (including phenoxy) is 1. The number of pyridine rings is 1. The number of anilines is 1. The number of carbonyl (C=O) groups excluding carboxylic acids is 1. The zero-order valence-corrected chi connectivity index (χ0v) is 12.4. The second kappa shape index (κ2) is 7.15. The molecule has 0 radical (unpaired) electrons. The van der Waals surface area contributed by atoms with Gasteiger partial charge in [0.05, 0.1) is 29.2 Å². The Balaban J connectivity index is 2.25. The molecule has 0 spiro atoms. The number of hydrogen-bond acceptors (Lipinski definition) is 7. The van der Waals surface area contributed by atoms with Crippen LogP contribution in [0, 0.1) is 27.3 Å². The van der Waals surface area contributed by atoms with Gasteiger partial charge in [-0.05, 0) is 12.1 Å². The number of esters is 1. The summed E-state index contributed by atoms with van der Waals surface area (Å²) in [6, 6.07) is 6.73. The quantitative estimate of drug-likeness (QED) is 0.508. The number of methoxy groups -OCH3 is 1. The van der Waals surface area contributed by atoms with Crippen LogP contribution in [0.25, 0.3) is 0 Å². The second-order valence-corrected chi connectivity index (χ2v) is 4.61. The summed E-state index contributed by atoms with van der Waals surface area (Å²) in [7, 11) is 1.15. The van der Waals surface area contributed by atoms with Gasteiger partial charge in [-0.15, -0.1) is 0 Å². The van der Waals surface area contributed by atoms with Crippen molar-refractivity contribution in [3.05, 3.63) is 63.1 Å². The number of nitriles is 1. The summed E-state index contributed by atoms with van der Waals surface area (Å²) >= 11 is 0. The fraction of sp³-hybridized carbons (Fsp3) is 0.133. The first-order chi connectivity index (χ1) is 11.5. The second-order valence-electron chi connectivity index (χ2n) is 4.61. The van der Waals surface area contributed by atoms with Crippen molar-refractivity contribution in [1.82, 2.24) is 4.98 Å². The van der Waals surface area contributed by atoms with Crippen molar-refractivity contribution in [3.63, 3.8) is 0 Å². The van der Waals surface area contributed by atoms with Crippen molar-refractivity contribution >= 4 is 17.5 Å². The molecule has 122 valence electrons. The largest absolute Gasteiger partial charge is 0.465 e. The van der Waals surface area contributed by atoms with E-state index in [-0.39, 0.29) is 29.1 Å². The molecular weight excluding hydrogens is 319 g/mol. The number of aromatic nitrogens is 1. The lowest BCUT2D eigenvalue weighted by molar-refractivity contribution is -0.384. The maximum atomic E-state index is 13.8. The van der Waals surface area contributed by atoms with Crippen LogP contribution in [0.2, 0.25) is 0 Å². The molecule has 1 aromatic heterocycles. The first kappa shape index (κ1) is 16.8. The van der Waals surface area contributed by atoms with E-state index in [0.717, 1.165) is 25.4 Å². The van der Waals surface area contributed by atoms with E-state index in [1.54, 1.807) is 0 Å². The van der Waals surface area contributed by atoms with Crippen molar-refractivity contribution in [1.29, 1.82) is 5.26 Å². The van der Waals surface area contributed by atoms with Crippen LogP contribution >= 0.6 is 0 Å². The number of rotatable bonds is 5. The molecule has 2 rings (SSSR count). The van der Waals surface area contributed by atoms with E-state index in [9.17, 15) is 19.3 Å². The van der Waals surface area contributed by atoms with Gasteiger partial charge in [-0.25, -0.2) is 14.2 Å². The lowest BCUT2D eigenvalue weighted by Crippen LogP contribution is -2.09. The van der Waals surface area contributed by atoms with Crippen LogP contribution in [0.15, 0.2) is 30.5 Å². The van der Waals surface area contributed by atoms with Crippen molar-refractivity contribution in [2.75, 3.05) is 12.4 Å². The zero-order chi connectivity index (χ0) is 17.7. The highest BCUT2D eigenvalue weighted by molar-refractivity contribution is 5.90. The number of carbonyl (C=O) groups is 1. The van der Waals surface area contributed by atoms with Gasteiger partial charge in [0.25, 0.3) is 0 Å². The molecule has 0 aliphatic rings. The molecule has 24 heavy (non-hydrogen) atoms. The number of nitrogens with one attached hydrogen (secondary N) is 1. The first-order valence-corrected chi connectivity index (χ1v) is 6.61. The monoisotopic (exact) mass is 330 g/mol. The zero-order valence-electron chi connectivity index (χ0n) is 12.4. The van der Waals surface area contributed by atoms with E-state index < -0.39 is 22.4 Å². The average Bonchev–Trinajstić information content (AvgIpc) is 2.59. The molecule has 0 atom stereocenters. The van der Waals surface area contributed by atoms with Crippen molar-refractivity contribution < 1.29 is 18.8 Å². The van der Waals surface area contributed by atoms with Crippen LogP contribution in [0.3, 0.4) is 0 Å². The molecule has 0 unspecified atom stereocenters. The standard InChI is InChI=1S/C15H11FN4O4/c1-24-15(21)11-5-13(20(22)23)14(19-8-11)18-7-10-3-2-9(6-17)4-12(10)16/h2-5,8H,7H2,1H3,(H,18,19). The molecule has 0 amide bonds. The van der Waals surface area contributed by atoms with Crippen LogP contribution in [-0.4, -0.2) is 23.0 Å². The van der Waals surface area contributed by atoms with Gasteiger partial charge in [0.2, 0.25) is 5.82 Å². The van der Waals surface area contributed by atoms with Gasteiger partial charge in [0.15, 0.2) is 0 Å². The van der Waals surface area contributed by atoms with Gasteiger partial charge in [0.1, 0.15) is 5.82 Å². The minimum Gasteiger partial charge on any atom is -0.465 e. The maximum Gasteiger partial charge on any atom is 0.339 e. The van der Waals surface area contributed by atoms with Gasteiger partial charge >= 0.3 is 11.7 Å². The summed E-state index contributed by atoms with van der Waals surface area (Å²) < 4.78 is 18.3. The highest BCUT2D eigenvalue weighted by Crippen LogP contribution is 2.24. The lowest BCUT2D eigenvalue weighted by Gasteiger charge is -2.08. The Morgan fingerprint density at radius 3 is 2.83 bits per heavy atom. The summed E-state index contributed by atoms with van der Waals surface area (Å²) in [5.74, 6) is -1.48. The summed E-state index contributed by atoms with van der Waals surface area (Å²) in [5, 5.41) is 22.4. The van der Waals surface area contributed by atoms with Crippen molar-refractivity contribution in [3.8, 4) is 6.07 Å². The number of hydrogen-bond donors (Lipinski definition) is 1. The third-order valence-corrected chi connectivity index (χ3v) is 3.11. The Bertz CT molecular complexity index is 848. The molecule has 0 aliphatic carbocycles. The van der Waals surface area contributed by atoms with E-state index in [1.165, 1.54) is 12.1 Å². The molecule has 0 saturated carbocycles. The van der Waals surface area contributed by atoms with Crippen LogP contribution in [0.1, 0.15) is 21.5 Å². The molecule has 0 saturated heterocycles. The predicted molar refractivity (Wildman–Crippen MR) is 80.7 cm³/mol. The van der Waals surface area contributed by atoms with Gasteiger partial charge in [-0.2, -0.15) is 5.26 Å². The van der Waals surface area contributed by atoms with E-state index >= 15 is 0 Å². The van der Waals surface area contributed by atoms with Crippen LogP contribution in [-0.2, 0) is 11.3 Å². The summed E-state index contributed by atoms with van der Waals surface area (Å²) in [4.78, 5) is 25.6. The fourth-order valence-electron chi connectivity index (χ4n) is 1.90. The Kier molecular flexibility index (Phi) is 5.01. The molecule has 8 nitrogen and oxygen atoms in total. The van der Waals surface area contributed by atoms with E-state index in [1.807, 2.05) is 6.07 Å². The topological polar surface area (TPSA) is 118 Å². The minimum atomic E-state index is -0.754. The Morgan fingerprint density at radius 1 is 1.50 bits per heavy atom. The summed E-state index contributed by atoms with van der Waals surface area (Å²) in [6.45, 7) is -0.0804. The summed E-state index contributed by atoms with van der Waals surface area (Å²) in [6.07, 6.45) is 1.12. The maximum absolute atomic E-state index is 13.8. The highest BCUT2D eigenvalue weighted by Gasteiger charge is 2.19. The smallest absolute Gasteiger partial charge is 0.339 e. The number of nitro groups is 1. The van der Waals surface area contributed by atoms with E-state index in [4.69, 9.17) is 5.26 Å². The van der Waals surface area contributed by atoms with Crippen molar-refractivity contribution in [2.45, 2.75) is 6.54 Å². The molecule has 0 bridgehead atoms. The normalized spacial score (nSPS) is 9.88. The number of halogens is 1. The van der Waals surface area contributed by atoms with Gasteiger partial charge < -0.3 is 10.1 Å². The molecular formula is C15H11FN4O4. The van der Waals surface area contributed by atoms with Crippen LogP contribution < -0.4 is 5.32 Å².